The Labute approximate surface area is 49.0 Å². The quantitative estimate of drug-likeness (QED) is 0.406. The van der Waals surface area contributed by atoms with Gasteiger partial charge in [-0.1, -0.05) is 12.2 Å². The monoisotopic (exact) mass is 116 g/mol. The first kappa shape index (κ1) is 7.62. The number of hydrogen-bond donors (Lipinski definition) is 3. The third-order valence-corrected chi connectivity index (χ3v) is 0.736. The summed E-state index contributed by atoms with van der Waals surface area (Å²) in [4.78, 5) is 0. The Hall–Kier alpha value is -0.380. The van der Waals surface area contributed by atoms with E-state index in [0.717, 1.165) is 0 Å². The average Bonchev–Trinajstić information content (AvgIpc) is 1.83. The van der Waals surface area contributed by atoms with Gasteiger partial charge in [-0.05, 0) is 0 Å². The van der Waals surface area contributed by atoms with E-state index in [-0.39, 0.29) is 6.54 Å². The van der Waals surface area contributed by atoms with Gasteiger partial charge in [-0.2, -0.15) is 0 Å². The van der Waals surface area contributed by atoms with Crippen molar-refractivity contribution in [3.8, 4) is 0 Å². The van der Waals surface area contributed by atoms with Gasteiger partial charge in [0.15, 0.2) is 0 Å². The van der Waals surface area contributed by atoms with Crippen LogP contribution in [0.5, 0.6) is 0 Å². The fraction of sp³-hybridized carbons (Fsp3) is 0.600. The Morgan fingerprint density at radius 3 is 2.50 bits per heavy atom. The van der Waals surface area contributed by atoms with Crippen LogP contribution in [-0.4, -0.2) is 24.3 Å². The molecule has 0 fully saturated rings. The zero-order chi connectivity index (χ0) is 6.41. The zero-order valence-electron chi connectivity index (χ0n) is 4.75. The maximum atomic E-state index is 8.72. The second-order valence-corrected chi connectivity index (χ2v) is 1.47. The highest BCUT2D eigenvalue weighted by Crippen LogP contribution is 1.78. The van der Waals surface area contributed by atoms with Crippen LogP contribution >= 0.6 is 0 Å². The molecule has 0 aromatic carbocycles. The van der Waals surface area contributed by atoms with E-state index in [4.69, 9.17) is 16.6 Å². The molecule has 0 aliphatic rings. The molecular weight excluding hydrogens is 104 g/mol. The highest BCUT2D eigenvalue weighted by molar-refractivity contribution is 4.89. The largest absolute Gasteiger partial charge is 0.388 e. The van der Waals surface area contributed by atoms with Crippen LogP contribution in [0, 0.1) is 0 Å². The summed E-state index contributed by atoms with van der Waals surface area (Å²) in [6, 6.07) is 0. The molecule has 0 aromatic rings. The molecule has 0 saturated heterocycles. The predicted octanol–water partition coefficient (Wildman–Crippen LogP) is -1.18. The molecule has 0 amide bonds. The van der Waals surface area contributed by atoms with E-state index in [9.17, 15) is 0 Å². The van der Waals surface area contributed by atoms with Crippen molar-refractivity contribution in [2.24, 2.45) is 11.5 Å². The molecule has 3 heteroatoms. The van der Waals surface area contributed by atoms with E-state index >= 15 is 0 Å². The highest BCUT2D eigenvalue weighted by Gasteiger charge is 1.89. The Morgan fingerprint density at radius 1 is 1.50 bits per heavy atom. The molecule has 0 aliphatic carbocycles. The standard InChI is InChI=1S/C5H12N2O/c6-3-1-2-5(8)4-7/h1-2,5,8H,3-4,6-7H2. The SMILES string of the molecule is NCC=CC(O)CN. The van der Waals surface area contributed by atoms with Crippen molar-refractivity contribution in [2.45, 2.75) is 6.10 Å². The van der Waals surface area contributed by atoms with Crippen LogP contribution in [0.15, 0.2) is 12.2 Å². The van der Waals surface area contributed by atoms with E-state index < -0.39 is 6.10 Å². The van der Waals surface area contributed by atoms with Crippen molar-refractivity contribution in [3.05, 3.63) is 12.2 Å². The van der Waals surface area contributed by atoms with Crippen LogP contribution in [0.1, 0.15) is 0 Å². The molecule has 0 aliphatic heterocycles. The van der Waals surface area contributed by atoms with Gasteiger partial charge in [-0.25, -0.2) is 0 Å². The van der Waals surface area contributed by atoms with Gasteiger partial charge in [0.1, 0.15) is 0 Å². The molecule has 8 heavy (non-hydrogen) atoms. The van der Waals surface area contributed by atoms with Crippen molar-refractivity contribution in [1.29, 1.82) is 0 Å². The van der Waals surface area contributed by atoms with Crippen LogP contribution in [0.25, 0.3) is 0 Å². The summed E-state index contributed by atoms with van der Waals surface area (Å²) in [5.41, 5.74) is 10.2. The fourth-order valence-corrected chi connectivity index (χ4v) is 0.314. The molecule has 0 rings (SSSR count). The van der Waals surface area contributed by atoms with Crippen LogP contribution in [-0.2, 0) is 0 Å². The van der Waals surface area contributed by atoms with Gasteiger partial charge in [-0.3, -0.25) is 0 Å². The van der Waals surface area contributed by atoms with E-state index in [1.165, 1.54) is 0 Å². The molecule has 0 radical (unpaired) electrons. The molecular formula is C5H12N2O. The predicted molar refractivity (Wildman–Crippen MR) is 33.3 cm³/mol. The minimum atomic E-state index is -0.529. The number of rotatable bonds is 3. The molecule has 5 N–H and O–H groups in total. The number of aliphatic hydroxyl groups excluding tert-OH is 1. The lowest BCUT2D eigenvalue weighted by Gasteiger charge is -1.96. The van der Waals surface area contributed by atoms with Crippen LogP contribution in [0.4, 0.5) is 0 Å². The van der Waals surface area contributed by atoms with Gasteiger partial charge in [0.05, 0.1) is 6.10 Å². The lowest BCUT2D eigenvalue weighted by atomic mass is 10.3. The fourth-order valence-electron chi connectivity index (χ4n) is 0.314. The number of hydrogen-bond acceptors (Lipinski definition) is 3. The van der Waals surface area contributed by atoms with E-state index in [2.05, 4.69) is 0 Å². The third kappa shape index (κ3) is 3.80. The van der Waals surface area contributed by atoms with Crippen molar-refractivity contribution in [3.63, 3.8) is 0 Å². The summed E-state index contributed by atoms with van der Waals surface area (Å²) in [6.07, 6.45) is 2.73. The maximum Gasteiger partial charge on any atom is 0.0843 e. The number of nitrogens with two attached hydrogens (primary N) is 2. The van der Waals surface area contributed by atoms with Gasteiger partial charge in [0, 0.05) is 13.1 Å². The normalized spacial score (nSPS) is 14.9. The molecule has 0 spiro atoms. The molecule has 0 saturated carbocycles. The molecule has 0 aromatic heterocycles. The van der Waals surface area contributed by atoms with Crippen LogP contribution < -0.4 is 11.5 Å². The van der Waals surface area contributed by atoms with Gasteiger partial charge >= 0.3 is 0 Å². The van der Waals surface area contributed by atoms with Crippen molar-refractivity contribution in [1.82, 2.24) is 0 Å². The first-order valence-electron chi connectivity index (χ1n) is 2.56. The summed E-state index contributed by atoms with van der Waals surface area (Å²) in [5, 5.41) is 8.72. The molecule has 1 atom stereocenters. The molecule has 48 valence electrons. The first-order chi connectivity index (χ1) is 3.81. The van der Waals surface area contributed by atoms with E-state index in [1.807, 2.05) is 0 Å². The Morgan fingerprint density at radius 2 is 2.12 bits per heavy atom. The smallest absolute Gasteiger partial charge is 0.0843 e. The van der Waals surface area contributed by atoms with Gasteiger partial charge in [0.25, 0.3) is 0 Å². The topological polar surface area (TPSA) is 72.3 Å². The third-order valence-electron chi connectivity index (χ3n) is 0.736. The van der Waals surface area contributed by atoms with Crippen molar-refractivity contribution in [2.75, 3.05) is 13.1 Å². The maximum absolute atomic E-state index is 8.72. The molecule has 3 nitrogen and oxygen atoms in total. The summed E-state index contributed by atoms with van der Waals surface area (Å²) in [6.45, 7) is 0.716. The Balaban J connectivity index is 3.21. The number of aliphatic hydroxyl groups is 1. The van der Waals surface area contributed by atoms with Crippen molar-refractivity contribution >= 4 is 0 Å². The minimum Gasteiger partial charge on any atom is -0.388 e. The van der Waals surface area contributed by atoms with Crippen molar-refractivity contribution < 1.29 is 5.11 Å². The summed E-state index contributed by atoms with van der Waals surface area (Å²) in [5.74, 6) is 0. The van der Waals surface area contributed by atoms with Crippen LogP contribution in [0.2, 0.25) is 0 Å². The summed E-state index contributed by atoms with van der Waals surface area (Å²) in [7, 11) is 0. The Bertz CT molecular complexity index is 72.8. The second kappa shape index (κ2) is 4.77. The van der Waals surface area contributed by atoms with Crippen LogP contribution in [0.3, 0.4) is 0 Å². The molecule has 0 bridgehead atoms. The lowest BCUT2D eigenvalue weighted by molar-refractivity contribution is 0.231. The zero-order valence-corrected chi connectivity index (χ0v) is 4.75. The average molecular weight is 116 g/mol. The minimum absolute atomic E-state index is 0.260. The van der Waals surface area contributed by atoms with E-state index in [1.54, 1.807) is 12.2 Å². The van der Waals surface area contributed by atoms with Gasteiger partial charge in [-0.15, -0.1) is 0 Å². The summed E-state index contributed by atoms with van der Waals surface area (Å²) < 4.78 is 0. The van der Waals surface area contributed by atoms with E-state index in [0.29, 0.717) is 6.54 Å². The van der Waals surface area contributed by atoms with Gasteiger partial charge in [0.2, 0.25) is 0 Å². The highest BCUT2D eigenvalue weighted by atomic mass is 16.3. The molecule has 1 unspecified atom stereocenters. The lowest BCUT2D eigenvalue weighted by Crippen LogP contribution is -2.16. The Kier molecular flexibility index (Phi) is 4.54. The van der Waals surface area contributed by atoms with Gasteiger partial charge < -0.3 is 16.6 Å². The first-order valence-corrected chi connectivity index (χ1v) is 2.56. The second-order valence-electron chi connectivity index (χ2n) is 1.47. The molecule has 0 heterocycles. The summed E-state index contributed by atoms with van der Waals surface area (Å²) >= 11 is 0.